The highest BCUT2D eigenvalue weighted by Crippen LogP contribution is 2.20. The molecule has 0 saturated carbocycles. The van der Waals surface area contributed by atoms with Gasteiger partial charge in [0.05, 0.1) is 18.4 Å². The SMILES string of the molecule is CC.CC.CCC.CCC(=O)OCc1ccc(O)c(N)c1.O=C(O)C1CC(O)CCO1. The molecule has 0 aliphatic carbocycles. The van der Waals surface area contributed by atoms with Gasteiger partial charge in [-0.15, -0.1) is 0 Å². The van der Waals surface area contributed by atoms with Gasteiger partial charge in [0.2, 0.25) is 0 Å². The number of phenols is 1. The van der Waals surface area contributed by atoms with E-state index in [9.17, 15) is 9.59 Å². The highest BCUT2D eigenvalue weighted by atomic mass is 16.5. The van der Waals surface area contributed by atoms with E-state index in [0.717, 1.165) is 5.56 Å². The van der Waals surface area contributed by atoms with Crippen molar-refractivity contribution in [3.05, 3.63) is 23.8 Å². The van der Waals surface area contributed by atoms with E-state index in [4.69, 9.17) is 30.5 Å². The molecule has 0 amide bonds. The molecule has 5 N–H and O–H groups in total. The predicted molar refractivity (Wildman–Crippen MR) is 124 cm³/mol. The number of aliphatic hydroxyl groups excluding tert-OH is 1. The first kappa shape index (κ1) is 33.3. The van der Waals surface area contributed by atoms with Crippen LogP contribution in [0.4, 0.5) is 5.69 Å². The number of hydrogen-bond acceptors (Lipinski definition) is 7. The van der Waals surface area contributed by atoms with Crippen LogP contribution < -0.4 is 5.73 Å². The van der Waals surface area contributed by atoms with Crippen LogP contribution in [0.2, 0.25) is 0 Å². The minimum absolute atomic E-state index is 0.0376. The van der Waals surface area contributed by atoms with Gasteiger partial charge < -0.3 is 30.5 Å². The lowest BCUT2D eigenvalue weighted by atomic mass is 10.1. The average Bonchev–Trinajstić information content (AvgIpc) is 2.78. The van der Waals surface area contributed by atoms with Crippen LogP contribution in [0.5, 0.6) is 5.75 Å². The summed E-state index contributed by atoms with van der Waals surface area (Å²) in [6, 6.07) is 4.72. The monoisotopic (exact) mass is 445 g/mol. The molecule has 2 rings (SSSR count). The number of phenolic OH excluding ortho intramolecular Hbond substituents is 1. The van der Waals surface area contributed by atoms with E-state index in [1.807, 2.05) is 27.7 Å². The molecule has 8 nitrogen and oxygen atoms in total. The summed E-state index contributed by atoms with van der Waals surface area (Å²) in [7, 11) is 0. The maximum absolute atomic E-state index is 10.8. The van der Waals surface area contributed by atoms with Crippen molar-refractivity contribution in [2.24, 2.45) is 0 Å². The van der Waals surface area contributed by atoms with Gasteiger partial charge in [0, 0.05) is 12.8 Å². The quantitative estimate of drug-likeness (QED) is 0.302. The van der Waals surface area contributed by atoms with Gasteiger partial charge in [0.1, 0.15) is 12.4 Å². The first-order valence-corrected chi connectivity index (χ1v) is 11.0. The van der Waals surface area contributed by atoms with E-state index in [2.05, 4.69) is 13.8 Å². The Morgan fingerprint density at radius 1 is 1.16 bits per heavy atom. The average molecular weight is 446 g/mol. The molecule has 31 heavy (non-hydrogen) atoms. The Morgan fingerprint density at radius 2 is 1.71 bits per heavy atom. The van der Waals surface area contributed by atoms with Crippen LogP contribution in [0.15, 0.2) is 18.2 Å². The van der Waals surface area contributed by atoms with Crippen molar-refractivity contribution in [1.29, 1.82) is 0 Å². The van der Waals surface area contributed by atoms with Crippen molar-refractivity contribution in [1.82, 2.24) is 0 Å². The molecule has 1 heterocycles. The van der Waals surface area contributed by atoms with Crippen LogP contribution in [-0.4, -0.2) is 46.1 Å². The number of nitrogens with two attached hydrogens (primary N) is 1. The third-order valence-electron chi connectivity index (χ3n) is 3.31. The number of rotatable bonds is 4. The number of aromatic hydroxyl groups is 1. The fraction of sp³-hybridized carbons (Fsp3) is 0.652. The smallest absolute Gasteiger partial charge is 0.332 e. The molecule has 1 aliphatic rings. The second kappa shape index (κ2) is 22.4. The lowest BCUT2D eigenvalue weighted by Gasteiger charge is -2.22. The molecule has 1 aliphatic heterocycles. The number of aliphatic hydroxyl groups is 1. The molecule has 1 saturated heterocycles. The van der Waals surface area contributed by atoms with Crippen LogP contribution in [0.25, 0.3) is 0 Å². The van der Waals surface area contributed by atoms with Crippen molar-refractivity contribution in [3.8, 4) is 5.75 Å². The largest absolute Gasteiger partial charge is 0.506 e. The van der Waals surface area contributed by atoms with Crippen LogP contribution >= 0.6 is 0 Å². The van der Waals surface area contributed by atoms with E-state index >= 15 is 0 Å². The predicted octanol–water partition coefficient (Wildman–Crippen LogP) is 4.51. The molecule has 1 aromatic carbocycles. The van der Waals surface area contributed by atoms with Crippen LogP contribution in [-0.2, 0) is 25.7 Å². The van der Waals surface area contributed by atoms with Gasteiger partial charge in [-0.2, -0.15) is 0 Å². The summed E-state index contributed by atoms with van der Waals surface area (Å²) in [5.41, 5.74) is 6.52. The molecule has 0 aromatic heterocycles. The van der Waals surface area contributed by atoms with Gasteiger partial charge in [-0.25, -0.2) is 4.79 Å². The van der Waals surface area contributed by atoms with E-state index in [-0.39, 0.29) is 30.4 Å². The van der Waals surface area contributed by atoms with Crippen LogP contribution in [0.1, 0.15) is 79.7 Å². The summed E-state index contributed by atoms with van der Waals surface area (Å²) in [6.07, 6.45) is 1.06. The number of carbonyl (C=O) groups excluding carboxylic acids is 1. The zero-order valence-electron chi connectivity index (χ0n) is 20.2. The van der Waals surface area contributed by atoms with E-state index < -0.39 is 18.2 Å². The minimum Gasteiger partial charge on any atom is -0.506 e. The number of carboxylic acids is 1. The molecular formula is C23H43NO7. The molecule has 0 bridgehead atoms. The number of ether oxygens (including phenoxy) is 2. The summed E-state index contributed by atoms with van der Waals surface area (Å²) >= 11 is 0. The zero-order chi connectivity index (χ0) is 24.8. The topological polar surface area (TPSA) is 139 Å². The van der Waals surface area contributed by atoms with Crippen molar-refractivity contribution >= 4 is 17.6 Å². The number of hydrogen-bond donors (Lipinski definition) is 4. The highest BCUT2D eigenvalue weighted by Gasteiger charge is 2.26. The first-order chi connectivity index (χ1) is 14.7. The molecule has 0 radical (unpaired) electrons. The third-order valence-corrected chi connectivity index (χ3v) is 3.31. The van der Waals surface area contributed by atoms with Gasteiger partial charge in [-0.1, -0.05) is 61.0 Å². The van der Waals surface area contributed by atoms with Gasteiger partial charge in [0.15, 0.2) is 6.10 Å². The molecule has 0 spiro atoms. The summed E-state index contributed by atoms with van der Waals surface area (Å²) in [6.45, 7) is 14.5. The van der Waals surface area contributed by atoms with E-state index in [0.29, 0.717) is 19.4 Å². The summed E-state index contributed by atoms with van der Waals surface area (Å²) < 4.78 is 9.75. The van der Waals surface area contributed by atoms with Crippen molar-refractivity contribution in [3.63, 3.8) is 0 Å². The molecule has 1 fully saturated rings. The Kier molecular flexibility index (Phi) is 24.0. The Morgan fingerprint density at radius 3 is 2.10 bits per heavy atom. The number of carboxylic acid groups (broad SMARTS) is 1. The third kappa shape index (κ3) is 18.2. The first-order valence-electron chi connectivity index (χ1n) is 11.0. The normalized spacial score (nSPS) is 16.3. The number of carbonyl (C=O) groups is 2. The summed E-state index contributed by atoms with van der Waals surface area (Å²) in [4.78, 5) is 21.1. The molecule has 1 aromatic rings. The number of esters is 1. The molecule has 2 unspecified atom stereocenters. The maximum atomic E-state index is 10.8. The van der Waals surface area contributed by atoms with Gasteiger partial charge in [-0.05, 0) is 24.1 Å². The number of benzene rings is 1. The summed E-state index contributed by atoms with van der Waals surface area (Å²) in [5, 5.41) is 26.5. The Hall–Kier alpha value is -2.32. The fourth-order valence-electron chi connectivity index (χ4n) is 1.91. The Labute approximate surface area is 187 Å². The van der Waals surface area contributed by atoms with Crippen molar-refractivity contribution < 1.29 is 34.4 Å². The summed E-state index contributed by atoms with van der Waals surface area (Å²) in [5.74, 6) is -1.20. The Balaban J connectivity index is -0.000000403. The highest BCUT2D eigenvalue weighted by molar-refractivity contribution is 5.72. The molecular weight excluding hydrogens is 402 g/mol. The number of aliphatic carboxylic acids is 1. The molecule has 2 atom stereocenters. The van der Waals surface area contributed by atoms with Gasteiger partial charge >= 0.3 is 11.9 Å². The Bertz CT molecular complexity index is 579. The van der Waals surface area contributed by atoms with Gasteiger partial charge in [0.25, 0.3) is 0 Å². The van der Waals surface area contributed by atoms with Crippen LogP contribution in [0.3, 0.4) is 0 Å². The van der Waals surface area contributed by atoms with Crippen molar-refractivity contribution in [2.45, 2.75) is 93.0 Å². The number of nitrogen functional groups attached to an aromatic ring is 1. The zero-order valence-corrected chi connectivity index (χ0v) is 20.2. The number of anilines is 1. The molecule has 182 valence electrons. The molecule has 8 heteroatoms. The fourth-order valence-corrected chi connectivity index (χ4v) is 1.91. The standard InChI is InChI=1S/C10H13NO3.C6H10O4.C3H8.2C2H6/c1-2-10(13)14-6-7-3-4-9(12)8(11)5-7;7-4-1-2-10-5(3-4)6(8)9;1-3-2;2*1-2/h3-5,12H,2,6,11H2,1H3;4-5,7H,1-3H2,(H,8,9);3H2,1-2H3;2*1-2H3. The maximum Gasteiger partial charge on any atom is 0.332 e. The van der Waals surface area contributed by atoms with Gasteiger partial charge in [-0.3, -0.25) is 4.79 Å². The van der Waals surface area contributed by atoms with E-state index in [1.54, 1.807) is 19.1 Å². The second-order valence-corrected chi connectivity index (χ2v) is 5.99. The van der Waals surface area contributed by atoms with Crippen LogP contribution in [0, 0.1) is 0 Å². The lowest BCUT2D eigenvalue weighted by molar-refractivity contribution is -0.157. The second-order valence-electron chi connectivity index (χ2n) is 5.99. The van der Waals surface area contributed by atoms with E-state index in [1.165, 1.54) is 12.5 Å². The minimum atomic E-state index is -0.987. The lowest BCUT2D eigenvalue weighted by Crippen LogP contribution is -2.34. The van der Waals surface area contributed by atoms with Crippen molar-refractivity contribution in [2.75, 3.05) is 12.3 Å².